The van der Waals surface area contributed by atoms with Gasteiger partial charge in [0.25, 0.3) is 5.91 Å². The average Bonchev–Trinajstić information content (AvgIpc) is 3.11. The van der Waals surface area contributed by atoms with E-state index in [0.29, 0.717) is 41.2 Å². The molecule has 158 valence electrons. The number of hydrogen-bond acceptors (Lipinski definition) is 6. The molecular weight excluding hydrogens is 390 g/mol. The number of H-pyrrole nitrogens is 2. The van der Waals surface area contributed by atoms with Gasteiger partial charge >= 0.3 is 11.7 Å². The third-order valence-corrected chi connectivity index (χ3v) is 4.41. The van der Waals surface area contributed by atoms with Gasteiger partial charge in [0, 0.05) is 17.9 Å². The van der Waals surface area contributed by atoms with Gasteiger partial charge in [-0.1, -0.05) is 0 Å². The Hall–Kier alpha value is -3.59. The molecule has 3 aromatic rings. The van der Waals surface area contributed by atoms with E-state index in [1.54, 1.807) is 36.4 Å². The number of aromatic amines is 2. The molecule has 1 heterocycles. The van der Waals surface area contributed by atoms with E-state index in [4.69, 9.17) is 14.2 Å². The number of anilines is 1. The Balaban J connectivity index is 1.66. The van der Waals surface area contributed by atoms with Crippen LogP contribution in [0.2, 0.25) is 0 Å². The van der Waals surface area contributed by atoms with Gasteiger partial charge in [-0.2, -0.15) is 0 Å². The highest BCUT2D eigenvalue weighted by Gasteiger charge is 2.20. The topological polar surface area (TPSA) is 123 Å². The molecule has 9 heteroatoms. The van der Waals surface area contributed by atoms with E-state index in [-0.39, 0.29) is 11.3 Å². The fraction of sp³-hybridized carbons (Fsp3) is 0.286. The zero-order valence-electron chi connectivity index (χ0n) is 16.9. The molecule has 0 saturated carbocycles. The van der Waals surface area contributed by atoms with Crippen molar-refractivity contribution in [3.8, 4) is 5.75 Å². The second kappa shape index (κ2) is 9.27. The van der Waals surface area contributed by atoms with Gasteiger partial charge in [-0.25, -0.2) is 9.59 Å². The minimum atomic E-state index is -1.03. The molecule has 9 nitrogen and oxygen atoms in total. The molecule has 0 unspecified atom stereocenters. The van der Waals surface area contributed by atoms with Gasteiger partial charge in [0.2, 0.25) is 0 Å². The van der Waals surface area contributed by atoms with Gasteiger partial charge < -0.3 is 29.5 Å². The first-order valence-electron chi connectivity index (χ1n) is 9.39. The summed E-state index contributed by atoms with van der Waals surface area (Å²) in [7, 11) is 1.54. The minimum Gasteiger partial charge on any atom is -0.496 e. The highest BCUT2D eigenvalue weighted by molar-refractivity contribution is 5.98. The number of rotatable bonds is 8. The molecule has 30 heavy (non-hydrogen) atoms. The van der Waals surface area contributed by atoms with Crippen LogP contribution < -0.4 is 15.7 Å². The number of benzene rings is 2. The van der Waals surface area contributed by atoms with Crippen LogP contribution in [0.3, 0.4) is 0 Å². The fourth-order valence-electron chi connectivity index (χ4n) is 2.87. The zero-order chi connectivity index (χ0) is 21.7. The van der Waals surface area contributed by atoms with Crippen molar-refractivity contribution in [1.82, 2.24) is 9.97 Å². The van der Waals surface area contributed by atoms with Crippen molar-refractivity contribution >= 4 is 28.6 Å². The third kappa shape index (κ3) is 4.87. The fourth-order valence-corrected chi connectivity index (χ4v) is 2.87. The summed E-state index contributed by atoms with van der Waals surface area (Å²) in [6.07, 6.45) is -1.03. The summed E-state index contributed by atoms with van der Waals surface area (Å²) in [6, 6.07) is 9.76. The molecule has 0 fully saturated rings. The van der Waals surface area contributed by atoms with Crippen LogP contribution in [0.1, 0.15) is 29.8 Å². The number of amides is 1. The number of nitrogens with one attached hydrogen (secondary N) is 3. The Morgan fingerprint density at radius 1 is 1.10 bits per heavy atom. The number of aromatic nitrogens is 2. The van der Waals surface area contributed by atoms with E-state index in [0.717, 1.165) is 0 Å². The highest BCUT2D eigenvalue weighted by Crippen LogP contribution is 2.22. The zero-order valence-corrected chi connectivity index (χ0v) is 16.9. The third-order valence-electron chi connectivity index (χ3n) is 4.41. The van der Waals surface area contributed by atoms with Crippen LogP contribution in [-0.2, 0) is 20.9 Å². The van der Waals surface area contributed by atoms with E-state index in [2.05, 4.69) is 15.3 Å². The number of imidazole rings is 1. The molecule has 3 N–H and O–H groups in total. The van der Waals surface area contributed by atoms with E-state index >= 15 is 0 Å². The van der Waals surface area contributed by atoms with Crippen molar-refractivity contribution in [2.75, 3.05) is 19.0 Å². The smallest absolute Gasteiger partial charge is 0.338 e. The van der Waals surface area contributed by atoms with Crippen LogP contribution in [0.4, 0.5) is 5.69 Å². The molecule has 0 aliphatic heterocycles. The van der Waals surface area contributed by atoms with Crippen molar-refractivity contribution < 1.29 is 23.8 Å². The van der Waals surface area contributed by atoms with E-state index in [1.165, 1.54) is 14.0 Å². The summed E-state index contributed by atoms with van der Waals surface area (Å²) in [5.41, 5.74) is 2.31. The standard InChI is InChI=1S/C21H23N3O6/c1-4-29-11-14-9-13(5-8-18(14)28-3)20(26)30-12(2)19(25)22-15-6-7-16-17(10-15)24-21(27)23-16/h5-10,12H,4,11H2,1-3H3,(H,22,25)(H2,23,24,27)/t12-/m0/s1. The first kappa shape index (κ1) is 21.1. The molecule has 2 aromatic carbocycles. The SMILES string of the molecule is CCOCc1cc(C(=O)O[C@@H](C)C(=O)Nc2ccc3[nH]c(=O)[nH]c3c2)ccc1OC. The molecule has 0 aliphatic carbocycles. The average molecular weight is 413 g/mol. The van der Waals surface area contributed by atoms with Gasteiger partial charge in [0.1, 0.15) is 5.75 Å². The number of methoxy groups -OCH3 is 1. The molecule has 0 radical (unpaired) electrons. The normalized spacial score (nSPS) is 11.8. The van der Waals surface area contributed by atoms with Crippen LogP contribution in [0, 0.1) is 0 Å². The molecule has 0 saturated heterocycles. The molecule has 3 rings (SSSR count). The van der Waals surface area contributed by atoms with Crippen LogP contribution in [0.25, 0.3) is 11.0 Å². The summed E-state index contributed by atoms with van der Waals surface area (Å²) >= 11 is 0. The van der Waals surface area contributed by atoms with Gasteiger partial charge in [-0.3, -0.25) is 4.79 Å². The maximum absolute atomic E-state index is 12.5. The van der Waals surface area contributed by atoms with Crippen molar-refractivity contribution in [2.24, 2.45) is 0 Å². The van der Waals surface area contributed by atoms with Crippen LogP contribution in [0.15, 0.2) is 41.2 Å². The molecule has 1 atom stereocenters. The lowest BCUT2D eigenvalue weighted by atomic mass is 10.1. The van der Waals surface area contributed by atoms with E-state index in [1.807, 2.05) is 6.92 Å². The van der Waals surface area contributed by atoms with Gasteiger partial charge in [0.05, 0.1) is 30.3 Å². The summed E-state index contributed by atoms with van der Waals surface area (Å²) < 4.78 is 16.0. The first-order chi connectivity index (χ1) is 14.4. The maximum Gasteiger partial charge on any atom is 0.338 e. The van der Waals surface area contributed by atoms with Gasteiger partial charge in [-0.05, 0) is 50.2 Å². The Morgan fingerprint density at radius 3 is 2.60 bits per heavy atom. The van der Waals surface area contributed by atoms with Crippen LogP contribution >= 0.6 is 0 Å². The van der Waals surface area contributed by atoms with Crippen LogP contribution in [-0.4, -0.2) is 41.7 Å². The molecular formula is C21H23N3O6. The number of hydrogen-bond donors (Lipinski definition) is 3. The summed E-state index contributed by atoms with van der Waals surface area (Å²) in [6.45, 7) is 4.17. The summed E-state index contributed by atoms with van der Waals surface area (Å²) in [4.78, 5) is 41.5. The second-order valence-corrected chi connectivity index (χ2v) is 6.54. The lowest BCUT2D eigenvalue weighted by molar-refractivity contribution is -0.123. The Morgan fingerprint density at radius 2 is 1.87 bits per heavy atom. The molecule has 1 amide bonds. The number of ether oxygens (including phenoxy) is 3. The van der Waals surface area contributed by atoms with E-state index in [9.17, 15) is 14.4 Å². The predicted molar refractivity (Wildman–Crippen MR) is 111 cm³/mol. The first-order valence-corrected chi connectivity index (χ1v) is 9.39. The van der Waals surface area contributed by atoms with Crippen molar-refractivity contribution in [3.05, 3.63) is 58.0 Å². The lowest BCUT2D eigenvalue weighted by Crippen LogP contribution is -2.30. The number of fused-ring (bicyclic) bond motifs is 1. The van der Waals surface area contributed by atoms with Crippen molar-refractivity contribution in [3.63, 3.8) is 0 Å². The van der Waals surface area contributed by atoms with E-state index < -0.39 is 18.0 Å². The predicted octanol–water partition coefficient (Wildman–Crippen LogP) is 2.59. The number of carbonyl (C=O) groups is 2. The number of esters is 1. The molecule has 0 spiro atoms. The summed E-state index contributed by atoms with van der Waals surface area (Å²) in [5, 5.41) is 2.67. The van der Waals surface area contributed by atoms with Crippen LogP contribution in [0.5, 0.6) is 5.75 Å². The molecule has 0 bridgehead atoms. The van der Waals surface area contributed by atoms with Gasteiger partial charge in [0.15, 0.2) is 6.10 Å². The van der Waals surface area contributed by atoms with Crippen molar-refractivity contribution in [2.45, 2.75) is 26.6 Å². The Bertz CT molecular complexity index is 1120. The monoisotopic (exact) mass is 413 g/mol. The number of carbonyl (C=O) groups excluding carboxylic acids is 2. The van der Waals surface area contributed by atoms with Gasteiger partial charge in [-0.15, -0.1) is 0 Å². The Kier molecular flexibility index (Phi) is 6.53. The quantitative estimate of drug-likeness (QED) is 0.488. The lowest BCUT2D eigenvalue weighted by Gasteiger charge is -2.15. The molecule has 0 aliphatic rings. The maximum atomic E-state index is 12.5. The summed E-state index contributed by atoms with van der Waals surface area (Å²) in [5.74, 6) is -0.531. The minimum absolute atomic E-state index is 0.288. The highest BCUT2D eigenvalue weighted by atomic mass is 16.5. The second-order valence-electron chi connectivity index (χ2n) is 6.54. The molecule has 1 aromatic heterocycles. The largest absolute Gasteiger partial charge is 0.496 e. The van der Waals surface area contributed by atoms with Crippen molar-refractivity contribution in [1.29, 1.82) is 0 Å². The Labute approximate surface area is 172 Å².